The minimum absolute atomic E-state index is 0.0242. The molecule has 9 nitrogen and oxygen atoms in total. The molecule has 0 radical (unpaired) electrons. The van der Waals surface area contributed by atoms with E-state index in [0.29, 0.717) is 0 Å². The average molecular weight is 314 g/mol. The highest BCUT2D eigenvalue weighted by Crippen LogP contribution is 2.09. The van der Waals surface area contributed by atoms with Crippen LogP contribution in [0.15, 0.2) is 10.7 Å². The summed E-state index contributed by atoms with van der Waals surface area (Å²) < 4.78 is 14.4. The van der Waals surface area contributed by atoms with Gasteiger partial charge in [0.2, 0.25) is 0 Å². The van der Waals surface area contributed by atoms with Crippen molar-refractivity contribution < 1.29 is 33.4 Å². The zero-order chi connectivity index (χ0) is 16.9. The minimum atomic E-state index is -1.31. The van der Waals surface area contributed by atoms with Crippen LogP contribution in [0.1, 0.15) is 37.2 Å². The summed E-state index contributed by atoms with van der Waals surface area (Å²) in [5, 5.41) is 11.3. The van der Waals surface area contributed by atoms with Crippen molar-refractivity contribution in [3.05, 3.63) is 17.8 Å². The largest absolute Gasteiger partial charge is 0.480 e. The molecule has 1 rings (SSSR count). The summed E-state index contributed by atoms with van der Waals surface area (Å²) in [6.07, 6.45) is -0.0706. The lowest BCUT2D eigenvalue weighted by molar-refractivity contribution is -0.139. The third-order valence-corrected chi connectivity index (χ3v) is 2.31. The van der Waals surface area contributed by atoms with E-state index in [4.69, 9.17) is 14.3 Å². The molecule has 2 N–H and O–H groups in total. The zero-order valence-electron chi connectivity index (χ0n) is 12.7. The summed E-state index contributed by atoms with van der Waals surface area (Å²) >= 11 is 0. The first-order valence-corrected chi connectivity index (χ1v) is 6.37. The van der Waals surface area contributed by atoms with Crippen LogP contribution >= 0.6 is 0 Å². The molecule has 1 amide bonds. The molecule has 0 saturated carbocycles. The van der Waals surface area contributed by atoms with Gasteiger partial charge in [-0.1, -0.05) is 0 Å². The van der Waals surface area contributed by atoms with Gasteiger partial charge in [-0.25, -0.2) is 19.4 Å². The predicted octanol–water partition coefficient (Wildman–Crippen LogP) is 0.982. The van der Waals surface area contributed by atoms with Crippen molar-refractivity contribution in [2.45, 2.75) is 38.8 Å². The number of amides is 1. The summed E-state index contributed by atoms with van der Waals surface area (Å²) in [6, 6.07) is -1.31. The fourth-order valence-electron chi connectivity index (χ4n) is 1.43. The maximum absolute atomic E-state index is 11.6. The van der Waals surface area contributed by atoms with E-state index in [2.05, 4.69) is 15.0 Å². The Hall–Kier alpha value is -2.58. The van der Waals surface area contributed by atoms with Crippen molar-refractivity contribution in [1.29, 1.82) is 0 Å². The Morgan fingerprint density at radius 3 is 2.55 bits per heavy atom. The van der Waals surface area contributed by atoms with Crippen molar-refractivity contribution in [1.82, 2.24) is 10.3 Å². The summed E-state index contributed by atoms with van der Waals surface area (Å²) in [7, 11) is 1.18. The lowest BCUT2D eigenvalue weighted by atomic mass is 10.2. The molecular weight excluding hydrogens is 296 g/mol. The van der Waals surface area contributed by atoms with Crippen LogP contribution in [0.5, 0.6) is 0 Å². The highest BCUT2D eigenvalue weighted by atomic mass is 16.6. The maximum Gasteiger partial charge on any atom is 0.408 e. The highest BCUT2D eigenvalue weighted by Gasteiger charge is 2.26. The molecule has 9 heteroatoms. The molecule has 1 unspecified atom stereocenters. The van der Waals surface area contributed by atoms with Crippen LogP contribution in [-0.4, -0.2) is 46.9 Å². The first-order chi connectivity index (χ1) is 10.1. The zero-order valence-corrected chi connectivity index (χ0v) is 12.7. The number of aromatic nitrogens is 1. The van der Waals surface area contributed by atoms with Crippen molar-refractivity contribution in [3.63, 3.8) is 0 Å². The molecule has 0 aliphatic carbocycles. The summed E-state index contributed by atoms with van der Waals surface area (Å²) in [5.41, 5.74) is -0.840. The van der Waals surface area contributed by atoms with E-state index in [1.54, 1.807) is 20.8 Å². The lowest BCUT2D eigenvalue weighted by Crippen LogP contribution is -2.44. The second-order valence-corrected chi connectivity index (χ2v) is 5.36. The fourth-order valence-corrected chi connectivity index (χ4v) is 1.43. The van der Waals surface area contributed by atoms with Gasteiger partial charge in [-0.05, 0) is 20.8 Å². The van der Waals surface area contributed by atoms with Gasteiger partial charge >= 0.3 is 18.0 Å². The first kappa shape index (κ1) is 17.5. The number of esters is 1. The molecule has 1 heterocycles. The number of hydrogen-bond acceptors (Lipinski definition) is 7. The second-order valence-electron chi connectivity index (χ2n) is 5.36. The van der Waals surface area contributed by atoms with Gasteiger partial charge in [0, 0.05) is 0 Å². The van der Waals surface area contributed by atoms with Gasteiger partial charge in [0.25, 0.3) is 0 Å². The van der Waals surface area contributed by atoms with Crippen LogP contribution in [0.2, 0.25) is 0 Å². The molecule has 22 heavy (non-hydrogen) atoms. The highest BCUT2D eigenvalue weighted by molar-refractivity contribution is 5.86. The molecule has 0 bridgehead atoms. The number of ether oxygens (including phenoxy) is 2. The van der Waals surface area contributed by atoms with Gasteiger partial charge in [0.15, 0.2) is 11.6 Å². The number of carbonyl (C=O) groups is 3. The van der Waals surface area contributed by atoms with Crippen LogP contribution in [0.4, 0.5) is 4.79 Å². The molecule has 0 aliphatic rings. The number of rotatable bonds is 5. The van der Waals surface area contributed by atoms with Crippen molar-refractivity contribution in [3.8, 4) is 0 Å². The van der Waals surface area contributed by atoms with Gasteiger partial charge < -0.3 is 24.3 Å². The van der Waals surface area contributed by atoms with Gasteiger partial charge in [-0.3, -0.25) is 0 Å². The van der Waals surface area contributed by atoms with Gasteiger partial charge in [-0.2, -0.15) is 0 Å². The maximum atomic E-state index is 11.6. The molecule has 0 aromatic carbocycles. The summed E-state index contributed by atoms with van der Waals surface area (Å²) in [4.78, 5) is 37.8. The van der Waals surface area contributed by atoms with Crippen molar-refractivity contribution in [2.24, 2.45) is 0 Å². The summed E-state index contributed by atoms with van der Waals surface area (Å²) in [6.45, 7) is 4.96. The lowest BCUT2D eigenvalue weighted by Gasteiger charge is -2.21. The monoisotopic (exact) mass is 314 g/mol. The topological polar surface area (TPSA) is 128 Å². The molecule has 0 saturated heterocycles. The minimum Gasteiger partial charge on any atom is -0.480 e. The van der Waals surface area contributed by atoms with Crippen LogP contribution in [0.25, 0.3) is 0 Å². The predicted molar refractivity (Wildman–Crippen MR) is 72.3 cm³/mol. The van der Waals surface area contributed by atoms with Crippen LogP contribution < -0.4 is 5.32 Å². The molecule has 1 aromatic rings. The molecule has 0 fully saturated rings. The van der Waals surface area contributed by atoms with Crippen LogP contribution in [-0.2, 0) is 20.7 Å². The third-order valence-electron chi connectivity index (χ3n) is 2.31. The Morgan fingerprint density at radius 1 is 1.41 bits per heavy atom. The fraction of sp³-hybridized carbons (Fsp3) is 0.538. The number of alkyl carbamates (subject to hydrolysis) is 1. The molecule has 0 aliphatic heterocycles. The third kappa shape index (κ3) is 5.43. The number of carbonyl (C=O) groups excluding carboxylic acids is 2. The molecule has 0 spiro atoms. The standard InChI is InChI=1S/C13H18N2O7/c1-13(2,3)22-12(19)15-7(10(16)17)5-9-14-8(6-21-9)11(18)20-4/h6-7H,5H2,1-4H3,(H,15,19)(H,16,17). The Labute approximate surface area is 126 Å². The Balaban J connectivity index is 2.72. The number of methoxy groups -OCH3 is 1. The Bertz CT molecular complexity index is 559. The smallest absolute Gasteiger partial charge is 0.408 e. The van der Waals surface area contributed by atoms with Gasteiger partial charge in [0.1, 0.15) is 17.9 Å². The first-order valence-electron chi connectivity index (χ1n) is 6.37. The van der Waals surface area contributed by atoms with E-state index in [9.17, 15) is 14.4 Å². The van der Waals surface area contributed by atoms with Crippen LogP contribution in [0.3, 0.4) is 0 Å². The number of nitrogens with zero attached hydrogens (tertiary/aromatic N) is 1. The van der Waals surface area contributed by atoms with Crippen molar-refractivity contribution in [2.75, 3.05) is 7.11 Å². The number of oxazole rings is 1. The second kappa shape index (κ2) is 6.92. The molecule has 1 aromatic heterocycles. The average Bonchev–Trinajstić information content (AvgIpc) is 2.83. The molecule has 1 atom stereocenters. The van der Waals surface area contributed by atoms with E-state index >= 15 is 0 Å². The van der Waals surface area contributed by atoms with E-state index in [0.717, 1.165) is 6.26 Å². The number of hydrogen-bond donors (Lipinski definition) is 2. The Morgan fingerprint density at radius 2 is 2.05 bits per heavy atom. The Kier molecular flexibility index (Phi) is 5.50. The van der Waals surface area contributed by atoms with E-state index < -0.39 is 29.7 Å². The number of carboxylic acid groups (broad SMARTS) is 1. The number of aliphatic carboxylic acids is 1. The van der Waals surface area contributed by atoms with Crippen LogP contribution in [0, 0.1) is 0 Å². The van der Waals surface area contributed by atoms with E-state index in [1.807, 2.05) is 0 Å². The van der Waals surface area contributed by atoms with Gasteiger partial charge in [-0.15, -0.1) is 0 Å². The normalized spacial score (nSPS) is 12.4. The number of carboxylic acids is 1. The van der Waals surface area contributed by atoms with Gasteiger partial charge in [0.05, 0.1) is 13.5 Å². The molecule has 122 valence electrons. The number of nitrogens with one attached hydrogen (secondary N) is 1. The SMILES string of the molecule is COC(=O)c1coc(CC(NC(=O)OC(C)(C)C)C(=O)O)n1. The molecular formula is C13H18N2O7. The quantitative estimate of drug-likeness (QED) is 0.770. The van der Waals surface area contributed by atoms with E-state index in [1.165, 1.54) is 7.11 Å². The van der Waals surface area contributed by atoms with Crippen molar-refractivity contribution >= 4 is 18.0 Å². The summed E-state index contributed by atoms with van der Waals surface area (Å²) in [5.74, 6) is -2.02. The van der Waals surface area contributed by atoms with E-state index in [-0.39, 0.29) is 18.0 Å².